The highest BCUT2D eigenvalue weighted by atomic mass is 127. The molecular formula is C16H27IN6. The average Bonchev–Trinajstić information content (AvgIpc) is 3.08. The molecule has 0 aliphatic rings. The fraction of sp³-hybridized carbons (Fsp3) is 0.500. The van der Waals surface area contributed by atoms with E-state index >= 15 is 0 Å². The number of rotatable bonds is 6. The van der Waals surface area contributed by atoms with Gasteiger partial charge in [0.2, 0.25) is 0 Å². The van der Waals surface area contributed by atoms with Crippen LogP contribution in [0.1, 0.15) is 25.2 Å². The van der Waals surface area contributed by atoms with Crippen molar-refractivity contribution in [1.29, 1.82) is 0 Å². The van der Waals surface area contributed by atoms with E-state index in [-0.39, 0.29) is 24.0 Å². The maximum absolute atomic E-state index is 4.41. The van der Waals surface area contributed by atoms with Gasteiger partial charge in [-0.2, -0.15) is 0 Å². The van der Waals surface area contributed by atoms with Gasteiger partial charge in [-0.15, -0.1) is 24.0 Å². The van der Waals surface area contributed by atoms with Crippen molar-refractivity contribution in [3.63, 3.8) is 0 Å². The van der Waals surface area contributed by atoms with Gasteiger partial charge >= 0.3 is 0 Å². The third-order valence-electron chi connectivity index (χ3n) is 3.35. The first kappa shape index (κ1) is 19.5. The summed E-state index contributed by atoms with van der Waals surface area (Å²) in [6, 6.07) is 2.09. The van der Waals surface area contributed by atoms with Crippen molar-refractivity contribution in [1.82, 2.24) is 24.8 Å². The molecule has 2 rings (SSSR count). The first-order valence-corrected chi connectivity index (χ1v) is 7.64. The Labute approximate surface area is 155 Å². The number of nitrogens with zero attached hydrogens (tertiary/aromatic N) is 4. The summed E-state index contributed by atoms with van der Waals surface area (Å²) >= 11 is 0. The molecule has 23 heavy (non-hydrogen) atoms. The lowest BCUT2D eigenvalue weighted by molar-refractivity contribution is 0.503. The van der Waals surface area contributed by atoms with Crippen molar-refractivity contribution < 1.29 is 0 Å². The molecule has 0 saturated heterocycles. The summed E-state index contributed by atoms with van der Waals surface area (Å²) in [5.41, 5.74) is 1.23. The van der Waals surface area contributed by atoms with Gasteiger partial charge in [-0.1, -0.05) is 13.8 Å². The number of aliphatic imine (C=N–C) groups is 1. The van der Waals surface area contributed by atoms with Gasteiger partial charge in [0.05, 0.1) is 6.54 Å². The van der Waals surface area contributed by atoms with Crippen LogP contribution in [-0.2, 0) is 26.7 Å². The van der Waals surface area contributed by atoms with E-state index in [4.69, 9.17) is 0 Å². The minimum absolute atomic E-state index is 0. The molecule has 0 atom stereocenters. The number of guanidine groups is 1. The van der Waals surface area contributed by atoms with Gasteiger partial charge in [0, 0.05) is 52.0 Å². The molecule has 0 spiro atoms. The molecule has 2 aromatic heterocycles. The number of hydrogen-bond donors (Lipinski definition) is 2. The van der Waals surface area contributed by atoms with Crippen LogP contribution >= 0.6 is 24.0 Å². The molecule has 0 aromatic carbocycles. The second-order valence-electron chi connectivity index (χ2n) is 5.85. The van der Waals surface area contributed by atoms with Crippen LogP contribution in [-0.4, -0.2) is 27.1 Å². The molecule has 2 aromatic rings. The van der Waals surface area contributed by atoms with Gasteiger partial charge in [-0.3, -0.25) is 4.99 Å². The summed E-state index contributed by atoms with van der Waals surface area (Å²) in [4.78, 5) is 8.66. The van der Waals surface area contributed by atoms with E-state index in [1.54, 1.807) is 7.05 Å². The Hall–Kier alpha value is -1.51. The number of hydrogen-bond acceptors (Lipinski definition) is 2. The van der Waals surface area contributed by atoms with E-state index < -0.39 is 0 Å². The van der Waals surface area contributed by atoms with Gasteiger partial charge in [-0.25, -0.2) is 4.98 Å². The van der Waals surface area contributed by atoms with Crippen LogP contribution in [0.3, 0.4) is 0 Å². The van der Waals surface area contributed by atoms with Crippen LogP contribution in [0.25, 0.3) is 0 Å². The van der Waals surface area contributed by atoms with Gasteiger partial charge in [0.1, 0.15) is 5.82 Å². The second-order valence-corrected chi connectivity index (χ2v) is 5.85. The fourth-order valence-corrected chi connectivity index (χ4v) is 2.30. The van der Waals surface area contributed by atoms with Crippen molar-refractivity contribution in [3.8, 4) is 0 Å². The number of aryl methyl sites for hydroxylation is 1. The Morgan fingerprint density at radius 1 is 1.26 bits per heavy atom. The lowest BCUT2D eigenvalue weighted by atomic mass is 10.2. The van der Waals surface area contributed by atoms with Crippen LogP contribution in [0.2, 0.25) is 0 Å². The van der Waals surface area contributed by atoms with Crippen LogP contribution in [0.15, 0.2) is 35.8 Å². The lowest BCUT2D eigenvalue weighted by Crippen LogP contribution is -2.37. The predicted octanol–water partition coefficient (Wildman–Crippen LogP) is 2.36. The molecule has 0 aliphatic heterocycles. The van der Waals surface area contributed by atoms with Gasteiger partial charge in [-0.05, 0) is 17.5 Å². The van der Waals surface area contributed by atoms with E-state index in [1.807, 2.05) is 30.2 Å². The Balaban J connectivity index is 0.00000264. The summed E-state index contributed by atoms with van der Waals surface area (Å²) < 4.78 is 4.22. The molecule has 128 valence electrons. The summed E-state index contributed by atoms with van der Waals surface area (Å²) in [6.07, 6.45) is 8.00. The number of halogens is 1. The smallest absolute Gasteiger partial charge is 0.191 e. The van der Waals surface area contributed by atoms with Crippen molar-refractivity contribution in [3.05, 3.63) is 42.2 Å². The molecule has 2 N–H and O–H groups in total. The largest absolute Gasteiger partial charge is 0.357 e. The SMILES string of the molecule is CN=C(NCc1ccn(C)c1)NCc1nccn1CC(C)C.I. The molecule has 0 saturated carbocycles. The Kier molecular flexibility index (Phi) is 8.15. The molecule has 7 heteroatoms. The van der Waals surface area contributed by atoms with E-state index in [0.29, 0.717) is 12.5 Å². The zero-order valence-electron chi connectivity index (χ0n) is 14.3. The highest BCUT2D eigenvalue weighted by Crippen LogP contribution is 2.03. The van der Waals surface area contributed by atoms with Gasteiger partial charge in [0.15, 0.2) is 5.96 Å². The summed E-state index contributed by atoms with van der Waals surface area (Å²) in [6.45, 7) is 6.80. The van der Waals surface area contributed by atoms with Gasteiger partial charge < -0.3 is 19.8 Å². The zero-order chi connectivity index (χ0) is 15.9. The van der Waals surface area contributed by atoms with E-state index in [2.05, 4.69) is 51.3 Å². The van der Waals surface area contributed by atoms with Crippen molar-refractivity contribution in [2.75, 3.05) is 7.05 Å². The quantitative estimate of drug-likeness (QED) is 0.420. The normalized spacial score (nSPS) is 11.4. The van der Waals surface area contributed by atoms with E-state index in [9.17, 15) is 0 Å². The molecule has 0 bridgehead atoms. The molecule has 0 unspecified atom stereocenters. The minimum Gasteiger partial charge on any atom is -0.357 e. The van der Waals surface area contributed by atoms with E-state index in [1.165, 1.54) is 5.56 Å². The van der Waals surface area contributed by atoms with E-state index in [0.717, 1.165) is 24.9 Å². The minimum atomic E-state index is 0. The maximum atomic E-state index is 4.41. The first-order valence-electron chi connectivity index (χ1n) is 7.64. The van der Waals surface area contributed by atoms with Crippen molar-refractivity contribution >= 4 is 29.9 Å². The average molecular weight is 430 g/mol. The van der Waals surface area contributed by atoms with Crippen molar-refractivity contribution in [2.24, 2.45) is 18.0 Å². The molecule has 6 nitrogen and oxygen atoms in total. The molecule has 0 radical (unpaired) electrons. The molecule has 0 amide bonds. The lowest BCUT2D eigenvalue weighted by Gasteiger charge is -2.13. The maximum Gasteiger partial charge on any atom is 0.191 e. The number of aromatic nitrogens is 3. The zero-order valence-corrected chi connectivity index (χ0v) is 16.6. The number of imidazole rings is 1. The molecule has 0 aliphatic carbocycles. The molecule has 2 heterocycles. The first-order chi connectivity index (χ1) is 10.6. The third-order valence-corrected chi connectivity index (χ3v) is 3.35. The third kappa shape index (κ3) is 6.25. The van der Waals surface area contributed by atoms with Crippen LogP contribution in [0, 0.1) is 5.92 Å². The summed E-state index contributed by atoms with van der Waals surface area (Å²) in [7, 11) is 3.80. The predicted molar refractivity (Wildman–Crippen MR) is 105 cm³/mol. The van der Waals surface area contributed by atoms with Crippen LogP contribution in [0.4, 0.5) is 0 Å². The van der Waals surface area contributed by atoms with Crippen molar-refractivity contribution in [2.45, 2.75) is 33.5 Å². The Morgan fingerprint density at radius 2 is 2.00 bits per heavy atom. The monoisotopic (exact) mass is 430 g/mol. The Bertz CT molecular complexity index is 614. The summed E-state index contributed by atoms with van der Waals surface area (Å²) in [5.74, 6) is 2.41. The van der Waals surface area contributed by atoms with Crippen LogP contribution < -0.4 is 10.6 Å². The fourth-order valence-electron chi connectivity index (χ4n) is 2.30. The Morgan fingerprint density at radius 3 is 2.61 bits per heavy atom. The highest BCUT2D eigenvalue weighted by Gasteiger charge is 2.06. The molecule has 0 fully saturated rings. The topological polar surface area (TPSA) is 59.2 Å². The molecular weight excluding hydrogens is 403 g/mol. The van der Waals surface area contributed by atoms with Gasteiger partial charge in [0.25, 0.3) is 0 Å². The standard InChI is InChI=1S/C16H26N6.HI/c1-13(2)11-22-8-6-18-15(22)10-20-16(17-3)19-9-14-5-7-21(4)12-14;/h5-8,12-13H,9-11H2,1-4H3,(H2,17,19,20);1H. The van der Waals surface area contributed by atoms with Crippen LogP contribution in [0.5, 0.6) is 0 Å². The second kappa shape index (κ2) is 9.59. The number of nitrogens with one attached hydrogen (secondary N) is 2. The summed E-state index contributed by atoms with van der Waals surface area (Å²) in [5, 5.41) is 6.62. The highest BCUT2D eigenvalue weighted by molar-refractivity contribution is 14.0.